The molecule has 1 aromatic heterocycles. The minimum absolute atomic E-state index is 0.268. The quantitative estimate of drug-likeness (QED) is 0.680. The molecule has 0 aliphatic carbocycles. The number of fused-ring (bicyclic) bond motifs is 1. The Morgan fingerprint density at radius 1 is 1.32 bits per heavy atom. The van der Waals surface area contributed by atoms with Crippen LogP contribution >= 0.6 is 11.6 Å². The summed E-state index contributed by atoms with van der Waals surface area (Å²) in [7, 11) is 0. The Labute approximate surface area is 111 Å². The molecule has 0 atom stereocenters. The van der Waals surface area contributed by atoms with E-state index in [0.29, 0.717) is 10.4 Å². The number of carbonyl (C=O) groups is 2. The monoisotopic (exact) mass is 282 g/mol. The van der Waals surface area contributed by atoms with E-state index in [-0.39, 0.29) is 11.1 Å². The number of aliphatic carboxylic acids is 1. The average Bonchev–Trinajstić information content (AvgIpc) is 2.35. The van der Waals surface area contributed by atoms with Gasteiger partial charge in [0.2, 0.25) is 0 Å². The first-order chi connectivity index (χ1) is 8.97. The predicted molar refractivity (Wildman–Crippen MR) is 65.4 cm³/mol. The van der Waals surface area contributed by atoms with Crippen LogP contribution in [0.1, 0.15) is 10.4 Å². The van der Waals surface area contributed by atoms with Gasteiger partial charge in [-0.2, -0.15) is 0 Å². The van der Waals surface area contributed by atoms with Crippen molar-refractivity contribution < 1.29 is 23.8 Å². The van der Waals surface area contributed by atoms with E-state index in [1.54, 1.807) is 0 Å². The summed E-state index contributed by atoms with van der Waals surface area (Å²) in [6, 6.07) is 5.78. The zero-order valence-corrected chi connectivity index (χ0v) is 10.1. The Balaban J connectivity index is 2.43. The third kappa shape index (κ3) is 2.92. The summed E-state index contributed by atoms with van der Waals surface area (Å²) < 4.78 is 9.33. The van der Waals surface area contributed by atoms with Crippen LogP contribution in [0.5, 0.6) is 0 Å². The van der Waals surface area contributed by atoms with Crippen LogP contribution in [0, 0.1) is 0 Å². The zero-order chi connectivity index (χ0) is 14.0. The number of esters is 1. The maximum Gasteiger partial charge on any atom is 0.351 e. The minimum atomic E-state index is -1.32. The van der Waals surface area contributed by atoms with Gasteiger partial charge in [0, 0.05) is 10.4 Å². The van der Waals surface area contributed by atoms with Crippen molar-refractivity contribution >= 4 is 34.5 Å². The number of hydrogen-bond acceptors (Lipinski definition) is 5. The van der Waals surface area contributed by atoms with Crippen molar-refractivity contribution in [3.8, 4) is 0 Å². The van der Waals surface area contributed by atoms with Gasteiger partial charge in [0.25, 0.3) is 0 Å². The van der Waals surface area contributed by atoms with Crippen LogP contribution in [0.15, 0.2) is 33.5 Å². The van der Waals surface area contributed by atoms with Gasteiger partial charge >= 0.3 is 17.6 Å². The van der Waals surface area contributed by atoms with Gasteiger partial charge in [-0.05, 0) is 24.3 Å². The van der Waals surface area contributed by atoms with Gasteiger partial charge < -0.3 is 14.3 Å². The molecule has 7 heteroatoms. The highest BCUT2D eigenvalue weighted by Gasteiger charge is 2.16. The lowest BCUT2D eigenvalue weighted by atomic mass is 10.2. The molecule has 0 unspecified atom stereocenters. The SMILES string of the molecule is O=C(O)COC(=O)c1cc2cc(Cl)ccc2oc1=O. The van der Waals surface area contributed by atoms with E-state index in [2.05, 4.69) is 4.74 Å². The van der Waals surface area contributed by atoms with Crippen LogP contribution in [0.25, 0.3) is 11.0 Å². The van der Waals surface area contributed by atoms with Crippen LogP contribution < -0.4 is 5.63 Å². The molecule has 0 bridgehead atoms. The zero-order valence-electron chi connectivity index (χ0n) is 9.38. The lowest BCUT2D eigenvalue weighted by Crippen LogP contribution is -2.19. The van der Waals surface area contributed by atoms with Gasteiger partial charge in [-0.1, -0.05) is 11.6 Å². The molecule has 0 saturated heterocycles. The molecule has 0 spiro atoms. The maximum atomic E-state index is 11.6. The summed E-state index contributed by atoms with van der Waals surface area (Å²) in [5.41, 5.74) is -1.01. The van der Waals surface area contributed by atoms with Gasteiger partial charge in [-0.15, -0.1) is 0 Å². The van der Waals surface area contributed by atoms with E-state index in [0.717, 1.165) is 0 Å². The van der Waals surface area contributed by atoms with Crippen molar-refractivity contribution in [2.24, 2.45) is 0 Å². The van der Waals surface area contributed by atoms with Crippen LogP contribution in [0.4, 0.5) is 0 Å². The molecular formula is C12H7ClO6. The van der Waals surface area contributed by atoms with Crippen molar-refractivity contribution in [2.45, 2.75) is 0 Å². The van der Waals surface area contributed by atoms with E-state index < -0.39 is 24.2 Å². The molecule has 0 aliphatic heterocycles. The second kappa shape index (κ2) is 5.11. The fourth-order valence-electron chi connectivity index (χ4n) is 1.44. The topological polar surface area (TPSA) is 93.8 Å². The molecule has 0 fully saturated rings. The standard InChI is InChI=1S/C12H7ClO6/c13-7-1-2-9-6(3-7)4-8(12(17)19-9)11(16)18-5-10(14)15/h1-4H,5H2,(H,14,15). The molecule has 2 aromatic rings. The Bertz CT molecular complexity index is 718. The molecule has 6 nitrogen and oxygen atoms in total. The third-order valence-corrected chi connectivity index (χ3v) is 2.48. The molecule has 98 valence electrons. The van der Waals surface area contributed by atoms with Gasteiger partial charge in [-0.3, -0.25) is 0 Å². The fraction of sp³-hybridized carbons (Fsp3) is 0.0833. The molecule has 0 aliphatic rings. The minimum Gasteiger partial charge on any atom is -0.479 e. The Kier molecular flexibility index (Phi) is 3.52. The maximum absolute atomic E-state index is 11.6. The highest BCUT2D eigenvalue weighted by Crippen LogP contribution is 2.19. The van der Waals surface area contributed by atoms with E-state index in [1.807, 2.05) is 0 Å². The van der Waals surface area contributed by atoms with Crippen molar-refractivity contribution in [2.75, 3.05) is 6.61 Å². The van der Waals surface area contributed by atoms with Crippen LogP contribution in [-0.4, -0.2) is 23.7 Å². The van der Waals surface area contributed by atoms with Gasteiger partial charge in [0.15, 0.2) is 6.61 Å². The fourth-order valence-corrected chi connectivity index (χ4v) is 1.62. The van der Waals surface area contributed by atoms with Gasteiger partial charge in [0.1, 0.15) is 11.1 Å². The van der Waals surface area contributed by atoms with E-state index in [4.69, 9.17) is 21.1 Å². The molecule has 1 aromatic carbocycles. The van der Waals surface area contributed by atoms with Crippen LogP contribution in [0.3, 0.4) is 0 Å². The van der Waals surface area contributed by atoms with E-state index in [9.17, 15) is 14.4 Å². The number of carboxylic acid groups (broad SMARTS) is 1. The number of carboxylic acids is 1. The molecule has 0 amide bonds. The van der Waals surface area contributed by atoms with E-state index >= 15 is 0 Å². The second-order valence-corrected chi connectivity index (χ2v) is 4.04. The van der Waals surface area contributed by atoms with Crippen molar-refractivity contribution in [1.82, 2.24) is 0 Å². The third-order valence-electron chi connectivity index (χ3n) is 2.24. The van der Waals surface area contributed by atoms with Crippen LogP contribution in [-0.2, 0) is 9.53 Å². The number of carbonyl (C=O) groups excluding carboxylic acids is 1. The van der Waals surface area contributed by atoms with Crippen molar-refractivity contribution in [3.63, 3.8) is 0 Å². The summed E-state index contributed by atoms with van der Waals surface area (Å²) in [5.74, 6) is -2.38. The Morgan fingerprint density at radius 2 is 2.05 bits per heavy atom. The number of ether oxygens (including phenoxy) is 1. The molecule has 0 radical (unpaired) electrons. The molecule has 19 heavy (non-hydrogen) atoms. The number of benzene rings is 1. The smallest absolute Gasteiger partial charge is 0.351 e. The lowest BCUT2D eigenvalue weighted by Gasteiger charge is -2.02. The molecule has 0 saturated carbocycles. The number of hydrogen-bond donors (Lipinski definition) is 1. The normalized spacial score (nSPS) is 10.4. The summed E-state index contributed by atoms with van der Waals surface area (Å²) in [5, 5.41) is 9.24. The van der Waals surface area contributed by atoms with Crippen molar-refractivity contribution in [3.05, 3.63) is 45.3 Å². The van der Waals surface area contributed by atoms with E-state index in [1.165, 1.54) is 24.3 Å². The summed E-state index contributed by atoms with van der Waals surface area (Å²) in [6.07, 6.45) is 0. The first-order valence-electron chi connectivity index (χ1n) is 5.09. The highest BCUT2D eigenvalue weighted by molar-refractivity contribution is 6.31. The lowest BCUT2D eigenvalue weighted by molar-refractivity contribution is -0.140. The molecule has 1 heterocycles. The first-order valence-corrected chi connectivity index (χ1v) is 5.47. The molecule has 1 N–H and O–H groups in total. The molecular weight excluding hydrogens is 276 g/mol. The summed E-state index contributed by atoms with van der Waals surface area (Å²) in [6.45, 7) is -0.828. The Hall–Kier alpha value is -2.34. The average molecular weight is 283 g/mol. The summed E-state index contributed by atoms with van der Waals surface area (Å²) in [4.78, 5) is 33.4. The van der Waals surface area contributed by atoms with Gasteiger partial charge in [-0.25, -0.2) is 14.4 Å². The number of rotatable bonds is 3. The highest BCUT2D eigenvalue weighted by atomic mass is 35.5. The summed E-state index contributed by atoms with van der Waals surface area (Å²) >= 11 is 5.78. The first kappa shape index (κ1) is 13.1. The Morgan fingerprint density at radius 3 is 2.74 bits per heavy atom. The van der Waals surface area contributed by atoms with Crippen molar-refractivity contribution in [1.29, 1.82) is 0 Å². The van der Waals surface area contributed by atoms with Crippen LogP contribution in [0.2, 0.25) is 5.02 Å². The predicted octanol–water partition coefficient (Wildman–Crippen LogP) is 1.69. The second-order valence-electron chi connectivity index (χ2n) is 3.60. The molecule has 2 rings (SSSR count). The largest absolute Gasteiger partial charge is 0.479 e. The van der Waals surface area contributed by atoms with Gasteiger partial charge in [0.05, 0.1) is 0 Å². The number of halogens is 1.